The second-order valence-electron chi connectivity index (χ2n) is 4.39. The van der Waals surface area contributed by atoms with E-state index in [4.69, 9.17) is 9.47 Å². The van der Waals surface area contributed by atoms with Crippen LogP contribution in [0.2, 0.25) is 0 Å². The molecule has 0 bridgehead atoms. The Bertz CT molecular complexity index is 145. The smallest absolute Gasteiger partial charge is 0.0608 e. The lowest BCUT2D eigenvalue weighted by atomic mass is 9.78. The lowest BCUT2D eigenvalue weighted by Crippen LogP contribution is -2.34. The molecule has 3 aliphatic rings. The van der Waals surface area contributed by atoms with Crippen LogP contribution in [0.25, 0.3) is 0 Å². The van der Waals surface area contributed by atoms with E-state index in [0.717, 1.165) is 25.0 Å². The van der Waals surface area contributed by atoms with E-state index in [1.54, 1.807) is 0 Å². The third-order valence-corrected chi connectivity index (χ3v) is 3.76. The van der Waals surface area contributed by atoms with Crippen molar-refractivity contribution < 1.29 is 9.47 Å². The molecule has 2 saturated heterocycles. The summed E-state index contributed by atoms with van der Waals surface area (Å²) in [5, 5.41) is 0. The minimum absolute atomic E-state index is 0.591. The molecule has 3 fully saturated rings. The van der Waals surface area contributed by atoms with Crippen LogP contribution in [-0.2, 0) is 9.47 Å². The molecule has 2 aliphatic heterocycles. The fourth-order valence-corrected chi connectivity index (χ4v) is 3.04. The molecule has 68 valence electrons. The Morgan fingerprint density at radius 3 is 1.75 bits per heavy atom. The molecule has 0 amide bonds. The average molecular weight is 168 g/mol. The summed E-state index contributed by atoms with van der Waals surface area (Å²) in [7, 11) is 0. The van der Waals surface area contributed by atoms with Gasteiger partial charge in [-0.15, -0.1) is 0 Å². The van der Waals surface area contributed by atoms with E-state index in [9.17, 15) is 0 Å². The summed E-state index contributed by atoms with van der Waals surface area (Å²) < 4.78 is 11.4. The van der Waals surface area contributed by atoms with E-state index >= 15 is 0 Å². The maximum Gasteiger partial charge on any atom is 0.0608 e. The van der Waals surface area contributed by atoms with Crippen LogP contribution in [0, 0.1) is 11.8 Å². The minimum atomic E-state index is 0.591. The van der Waals surface area contributed by atoms with Crippen molar-refractivity contribution in [2.24, 2.45) is 11.8 Å². The van der Waals surface area contributed by atoms with Crippen LogP contribution < -0.4 is 0 Å². The monoisotopic (exact) mass is 168 g/mol. The molecule has 0 aromatic carbocycles. The van der Waals surface area contributed by atoms with Crippen LogP contribution in [-0.4, -0.2) is 25.4 Å². The molecule has 3 rings (SSSR count). The van der Waals surface area contributed by atoms with Gasteiger partial charge in [0.1, 0.15) is 0 Å². The summed E-state index contributed by atoms with van der Waals surface area (Å²) in [6.07, 6.45) is 6.28. The molecule has 1 saturated carbocycles. The van der Waals surface area contributed by atoms with E-state index in [1.165, 1.54) is 25.7 Å². The number of rotatable bonds is 0. The van der Waals surface area contributed by atoms with Crippen LogP contribution in [0.4, 0.5) is 0 Å². The molecule has 4 unspecified atom stereocenters. The Morgan fingerprint density at radius 2 is 1.25 bits per heavy atom. The Balaban J connectivity index is 1.75. The van der Waals surface area contributed by atoms with Crippen molar-refractivity contribution in [3.05, 3.63) is 0 Å². The average Bonchev–Trinajstić information content (AvgIpc) is 2.64. The third kappa shape index (κ3) is 1.01. The van der Waals surface area contributed by atoms with Gasteiger partial charge in [0.2, 0.25) is 0 Å². The molecule has 0 aromatic rings. The molecular formula is C10H16O2. The second kappa shape index (κ2) is 2.71. The first-order valence-corrected chi connectivity index (χ1v) is 5.16. The molecule has 1 aliphatic carbocycles. The Morgan fingerprint density at radius 1 is 0.750 bits per heavy atom. The summed E-state index contributed by atoms with van der Waals surface area (Å²) in [5.41, 5.74) is 0. The Labute approximate surface area is 73.2 Å². The normalized spacial score (nSPS) is 52.0. The second-order valence-corrected chi connectivity index (χ2v) is 4.39. The largest absolute Gasteiger partial charge is 0.378 e. The highest BCUT2D eigenvalue weighted by molar-refractivity contribution is 4.92. The van der Waals surface area contributed by atoms with Gasteiger partial charge in [0.15, 0.2) is 0 Å². The van der Waals surface area contributed by atoms with Gasteiger partial charge in [0, 0.05) is 13.2 Å². The van der Waals surface area contributed by atoms with Gasteiger partial charge < -0.3 is 9.47 Å². The standard InChI is InChI=1S/C10H16O2/c1-3-11-9-6-8-2-4-12-10(8)5-7(1)9/h7-10H,1-6H2. The topological polar surface area (TPSA) is 18.5 Å². The zero-order chi connectivity index (χ0) is 7.97. The van der Waals surface area contributed by atoms with Gasteiger partial charge in [0.25, 0.3) is 0 Å². The van der Waals surface area contributed by atoms with E-state index < -0.39 is 0 Å². The molecule has 2 nitrogen and oxygen atoms in total. The maximum absolute atomic E-state index is 5.71. The highest BCUT2D eigenvalue weighted by atomic mass is 16.5. The quantitative estimate of drug-likeness (QED) is 0.547. The number of hydrogen-bond acceptors (Lipinski definition) is 2. The molecule has 2 heteroatoms. The van der Waals surface area contributed by atoms with Crippen LogP contribution in [0.1, 0.15) is 25.7 Å². The fourth-order valence-electron chi connectivity index (χ4n) is 3.04. The van der Waals surface area contributed by atoms with Gasteiger partial charge in [-0.1, -0.05) is 0 Å². The van der Waals surface area contributed by atoms with Crippen molar-refractivity contribution in [2.75, 3.05) is 13.2 Å². The summed E-state index contributed by atoms with van der Waals surface area (Å²) >= 11 is 0. The molecule has 0 N–H and O–H groups in total. The van der Waals surface area contributed by atoms with Crippen molar-refractivity contribution >= 4 is 0 Å². The van der Waals surface area contributed by atoms with Crippen LogP contribution in [0.15, 0.2) is 0 Å². The highest BCUT2D eigenvalue weighted by Gasteiger charge is 2.42. The van der Waals surface area contributed by atoms with Gasteiger partial charge >= 0.3 is 0 Å². The number of fused-ring (bicyclic) bond motifs is 2. The maximum atomic E-state index is 5.71. The van der Waals surface area contributed by atoms with Gasteiger partial charge in [-0.05, 0) is 37.5 Å². The Kier molecular flexibility index (Phi) is 1.66. The Hall–Kier alpha value is -0.0800. The zero-order valence-electron chi connectivity index (χ0n) is 7.37. The first kappa shape index (κ1) is 7.34. The van der Waals surface area contributed by atoms with Gasteiger partial charge in [-0.3, -0.25) is 0 Å². The summed E-state index contributed by atoms with van der Waals surface area (Å²) in [6.45, 7) is 1.99. The van der Waals surface area contributed by atoms with Crippen molar-refractivity contribution in [3.8, 4) is 0 Å². The molecule has 0 aromatic heterocycles. The van der Waals surface area contributed by atoms with E-state index in [1.807, 2.05) is 0 Å². The lowest BCUT2D eigenvalue weighted by molar-refractivity contribution is -0.00927. The van der Waals surface area contributed by atoms with E-state index in [-0.39, 0.29) is 0 Å². The zero-order valence-corrected chi connectivity index (χ0v) is 7.37. The fraction of sp³-hybridized carbons (Fsp3) is 1.00. The van der Waals surface area contributed by atoms with Crippen molar-refractivity contribution in [1.82, 2.24) is 0 Å². The van der Waals surface area contributed by atoms with E-state index in [2.05, 4.69) is 0 Å². The van der Waals surface area contributed by atoms with E-state index in [0.29, 0.717) is 12.2 Å². The first-order chi connectivity index (χ1) is 5.93. The molecular weight excluding hydrogens is 152 g/mol. The third-order valence-electron chi connectivity index (χ3n) is 3.76. The lowest BCUT2D eigenvalue weighted by Gasteiger charge is -2.32. The van der Waals surface area contributed by atoms with Crippen molar-refractivity contribution in [2.45, 2.75) is 37.9 Å². The molecule has 2 heterocycles. The first-order valence-electron chi connectivity index (χ1n) is 5.16. The van der Waals surface area contributed by atoms with Gasteiger partial charge in [0.05, 0.1) is 12.2 Å². The molecule has 4 atom stereocenters. The minimum Gasteiger partial charge on any atom is -0.378 e. The highest BCUT2D eigenvalue weighted by Crippen LogP contribution is 2.42. The molecule has 12 heavy (non-hydrogen) atoms. The van der Waals surface area contributed by atoms with Gasteiger partial charge in [-0.25, -0.2) is 0 Å². The van der Waals surface area contributed by atoms with Crippen molar-refractivity contribution in [3.63, 3.8) is 0 Å². The number of ether oxygens (including phenoxy) is 2. The van der Waals surface area contributed by atoms with Crippen molar-refractivity contribution in [1.29, 1.82) is 0 Å². The van der Waals surface area contributed by atoms with Crippen LogP contribution in [0.5, 0.6) is 0 Å². The summed E-state index contributed by atoms with van der Waals surface area (Å²) in [5.74, 6) is 1.65. The molecule has 0 spiro atoms. The van der Waals surface area contributed by atoms with Crippen LogP contribution >= 0.6 is 0 Å². The summed E-state index contributed by atoms with van der Waals surface area (Å²) in [4.78, 5) is 0. The molecule has 0 radical (unpaired) electrons. The predicted octanol–water partition coefficient (Wildman–Crippen LogP) is 1.59. The number of hydrogen-bond donors (Lipinski definition) is 0. The van der Waals surface area contributed by atoms with Crippen LogP contribution in [0.3, 0.4) is 0 Å². The summed E-state index contributed by atoms with van der Waals surface area (Å²) in [6, 6.07) is 0. The van der Waals surface area contributed by atoms with Gasteiger partial charge in [-0.2, -0.15) is 0 Å². The SMILES string of the molecule is C1CC2CC3OCCC3CC2O1. The predicted molar refractivity (Wildman–Crippen MR) is 44.9 cm³/mol.